The first kappa shape index (κ1) is 13.3. The molecule has 0 spiro atoms. The number of hydrogen-bond acceptors (Lipinski definition) is 2. The molecule has 0 radical (unpaired) electrons. The molecule has 88 valence electrons. The molecular formula is C12H14Cl2O2. The Bertz CT molecular complexity index is 377. The lowest BCUT2D eigenvalue weighted by Crippen LogP contribution is -2.17. The molecule has 0 aliphatic rings. The van der Waals surface area contributed by atoms with Crippen LogP contribution in [0.2, 0.25) is 10.0 Å². The largest absolute Gasteiger partial charge is 0.469 e. The van der Waals surface area contributed by atoms with E-state index in [1.54, 1.807) is 12.1 Å². The molecule has 0 aromatic heterocycles. The van der Waals surface area contributed by atoms with Crippen LogP contribution in [-0.2, 0) is 16.0 Å². The van der Waals surface area contributed by atoms with Crippen LogP contribution in [0.25, 0.3) is 0 Å². The molecule has 0 heterocycles. The molecule has 0 aliphatic heterocycles. The van der Waals surface area contributed by atoms with Crippen LogP contribution >= 0.6 is 23.2 Å². The second kappa shape index (κ2) is 6.12. The lowest BCUT2D eigenvalue weighted by Gasteiger charge is -2.12. The molecule has 1 rings (SSSR count). The zero-order chi connectivity index (χ0) is 12.1. The summed E-state index contributed by atoms with van der Waals surface area (Å²) in [6.45, 7) is 1.96. The van der Waals surface area contributed by atoms with Gasteiger partial charge in [-0.15, -0.1) is 0 Å². The van der Waals surface area contributed by atoms with E-state index in [9.17, 15) is 4.79 Å². The van der Waals surface area contributed by atoms with Gasteiger partial charge >= 0.3 is 5.97 Å². The monoisotopic (exact) mass is 260 g/mol. The molecule has 0 saturated carbocycles. The summed E-state index contributed by atoms with van der Waals surface area (Å²) < 4.78 is 4.73. The van der Waals surface area contributed by atoms with Gasteiger partial charge in [-0.3, -0.25) is 4.79 Å². The van der Waals surface area contributed by atoms with E-state index in [-0.39, 0.29) is 11.9 Å². The van der Waals surface area contributed by atoms with Crippen LogP contribution in [0.5, 0.6) is 0 Å². The Morgan fingerprint density at radius 2 is 2.06 bits per heavy atom. The first-order valence-corrected chi connectivity index (χ1v) is 5.85. The molecule has 0 N–H and O–H groups in total. The van der Waals surface area contributed by atoms with Crippen molar-refractivity contribution < 1.29 is 9.53 Å². The number of carbonyl (C=O) groups excluding carboxylic acids is 1. The van der Waals surface area contributed by atoms with Gasteiger partial charge in [-0.1, -0.05) is 36.2 Å². The number of methoxy groups -OCH3 is 1. The summed E-state index contributed by atoms with van der Waals surface area (Å²) in [6, 6.07) is 5.40. The average molecular weight is 261 g/mol. The van der Waals surface area contributed by atoms with Gasteiger partial charge in [0, 0.05) is 0 Å². The van der Waals surface area contributed by atoms with Gasteiger partial charge in [-0.05, 0) is 30.5 Å². The predicted octanol–water partition coefficient (Wildman–Crippen LogP) is 3.74. The fourth-order valence-corrected chi connectivity index (χ4v) is 1.83. The molecule has 0 amide bonds. The highest BCUT2D eigenvalue weighted by atomic mass is 35.5. The molecule has 0 aliphatic carbocycles. The molecule has 0 fully saturated rings. The second-order valence-electron chi connectivity index (χ2n) is 3.58. The van der Waals surface area contributed by atoms with Gasteiger partial charge in [-0.25, -0.2) is 0 Å². The Morgan fingerprint density at radius 3 is 2.56 bits per heavy atom. The van der Waals surface area contributed by atoms with Crippen LogP contribution in [0.3, 0.4) is 0 Å². The molecule has 0 saturated heterocycles. The van der Waals surface area contributed by atoms with E-state index in [2.05, 4.69) is 0 Å². The second-order valence-corrected chi connectivity index (χ2v) is 4.40. The van der Waals surface area contributed by atoms with Crippen LogP contribution in [0.1, 0.15) is 18.9 Å². The number of rotatable bonds is 4. The highest BCUT2D eigenvalue weighted by molar-refractivity contribution is 6.42. The maximum Gasteiger partial charge on any atom is 0.308 e. The number of carbonyl (C=O) groups is 1. The number of ether oxygens (including phenoxy) is 1. The first-order valence-electron chi connectivity index (χ1n) is 5.10. The first-order chi connectivity index (χ1) is 7.58. The third kappa shape index (κ3) is 3.39. The van der Waals surface area contributed by atoms with Crippen LogP contribution in [0.15, 0.2) is 18.2 Å². The minimum Gasteiger partial charge on any atom is -0.469 e. The molecule has 0 bridgehead atoms. The molecule has 16 heavy (non-hydrogen) atoms. The number of hydrogen-bond donors (Lipinski definition) is 0. The summed E-state index contributed by atoms with van der Waals surface area (Å²) in [5, 5.41) is 1.04. The normalized spacial score (nSPS) is 12.2. The van der Waals surface area contributed by atoms with Crippen molar-refractivity contribution >= 4 is 29.2 Å². The molecule has 4 heteroatoms. The summed E-state index contributed by atoms with van der Waals surface area (Å²) in [5.41, 5.74) is 0.992. The van der Waals surface area contributed by atoms with Gasteiger partial charge in [0.15, 0.2) is 0 Å². The molecule has 1 aromatic rings. The zero-order valence-corrected chi connectivity index (χ0v) is 10.8. The number of esters is 1. The van der Waals surface area contributed by atoms with E-state index >= 15 is 0 Å². The Balaban J connectivity index is 2.78. The lowest BCUT2D eigenvalue weighted by molar-refractivity contribution is -0.145. The smallest absolute Gasteiger partial charge is 0.308 e. The van der Waals surface area contributed by atoms with Crippen molar-refractivity contribution in [1.29, 1.82) is 0 Å². The molecule has 1 atom stereocenters. The Morgan fingerprint density at radius 1 is 1.38 bits per heavy atom. The minimum absolute atomic E-state index is 0.123. The lowest BCUT2D eigenvalue weighted by atomic mass is 9.97. The highest BCUT2D eigenvalue weighted by Gasteiger charge is 2.17. The van der Waals surface area contributed by atoms with E-state index in [0.717, 1.165) is 12.0 Å². The van der Waals surface area contributed by atoms with Crippen LogP contribution < -0.4 is 0 Å². The summed E-state index contributed by atoms with van der Waals surface area (Å²) in [5.74, 6) is -0.309. The summed E-state index contributed by atoms with van der Waals surface area (Å²) >= 11 is 11.7. The van der Waals surface area contributed by atoms with Crippen LogP contribution in [0, 0.1) is 5.92 Å². The van der Waals surface area contributed by atoms with Gasteiger partial charge in [0.1, 0.15) is 0 Å². The van der Waals surface area contributed by atoms with Gasteiger partial charge < -0.3 is 4.74 Å². The van der Waals surface area contributed by atoms with E-state index in [1.165, 1.54) is 7.11 Å². The fraction of sp³-hybridized carbons (Fsp3) is 0.417. The fourth-order valence-electron chi connectivity index (χ4n) is 1.51. The molecule has 2 nitrogen and oxygen atoms in total. The SMILES string of the molecule is CCC(Cc1ccc(Cl)c(Cl)c1)C(=O)OC. The topological polar surface area (TPSA) is 26.3 Å². The molecule has 1 unspecified atom stereocenters. The maximum absolute atomic E-state index is 11.4. The van der Waals surface area contributed by atoms with E-state index < -0.39 is 0 Å². The van der Waals surface area contributed by atoms with Crippen molar-refractivity contribution in [2.24, 2.45) is 5.92 Å². The van der Waals surface area contributed by atoms with E-state index in [0.29, 0.717) is 16.5 Å². The van der Waals surface area contributed by atoms with Crippen molar-refractivity contribution in [3.8, 4) is 0 Å². The average Bonchev–Trinajstić information content (AvgIpc) is 2.29. The quantitative estimate of drug-likeness (QED) is 0.772. The molecule has 1 aromatic carbocycles. The zero-order valence-electron chi connectivity index (χ0n) is 9.30. The third-order valence-electron chi connectivity index (χ3n) is 2.49. The molecular weight excluding hydrogens is 247 g/mol. The van der Waals surface area contributed by atoms with Gasteiger partial charge in [0.2, 0.25) is 0 Å². The van der Waals surface area contributed by atoms with Gasteiger partial charge in [0.05, 0.1) is 23.1 Å². The minimum atomic E-state index is -0.187. The van der Waals surface area contributed by atoms with Crippen molar-refractivity contribution in [3.63, 3.8) is 0 Å². The third-order valence-corrected chi connectivity index (χ3v) is 3.23. The van der Waals surface area contributed by atoms with Crippen molar-refractivity contribution in [2.75, 3.05) is 7.11 Å². The van der Waals surface area contributed by atoms with Crippen molar-refractivity contribution in [1.82, 2.24) is 0 Å². The predicted molar refractivity (Wildman–Crippen MR) is 66.0 cm³/mol. The standard InChI is InChI=1S/C12H14Cl2O2/c1-3-9(12(15)16-2)6-8-4-5-10(13)11(14)7-8/h4-5,7,9H,3,6H2,1-2H3. The summed E-state index contributed by atoms with van der Waals surface area (Å²) in [7, 11) is 1.40. The maximum atomic E-state index is 11.4. The number of benzene rings is 1. The Hall–Kier alpha value is -0.730. The van der Waals surface area contributed by atoms with E-state index in [1.807, 2.05) is 13.0 Å². The Labute approximate surface area is 106 Å². The number of halogens is 2. The summed E-state index contributed by atoms with van der Waals surface area (Å²) in [6.07, 6.45) is 1.37. The van der Waals surface area contributed by atoms with Crippen LogP contribution in [0.4, 0.5) is 0 Å². The van der Waals surface area contributed by atoms with Gasteiger partial charge in [-0.2, -0.15) is 0 Å². The van der Waals surface area contributed by atoms with E-state index in [4.69, 9.17) is 27.9 Å². The van der Waals surface area contributed by atoms with Crippen molar-refractivity contribution in [2.45, 2.75) is 19.8 Å². The van der Waals surface area contributed by atoms with Crippen LogP contribution in [-0.4, -0.2) is 13.1 Å². The Kier molecular flexibility index (Phi) is 5.10. The van der Waals surface area contributed by atoms with Crippen molar-refractivity contribution in [3.05, 3.63) is 33.8 Å². The van der Waals surface area contributed by atoms with Gasteiger partial charge in [0.25, 0.3) is 0 Å². The summed E-state index contributed by atoms with van der Waals surface area (Å²) in [4.78, 5) is 11.4. The highest BCUT2D eigenvalue weighted by Crippen LogP contribution is 2.24.